The molecule has 1 aromatic heterocycles. The topological polar surface area (TPSA) is 51.2 Å². The Morgan fingerprint density at radius 3 is 3.11 bits per heavy atom. The molecule has 0 bridgehead atoms. The molecule has 4 heteroatoms. The van der Waals surface area contributed by atoms with Crippen molar-refractivity contribution in [2.75, 3.05) is 13.7 Å². The second kappa shape index (κ2) is 6.85. The summed E-state index contributed by atoms with van der Waals surface area (Å²) in [6, 6.07) is 10.2. The Labute approximate surface area is 112 Å². The predicted molar refractivity (Wildman–Crippen MR) is 74.7 cm³/mol. The van der Waals surface area contributed by atoms with E-state index in [4.69, 9.17) is 0 Å². The number of ether oxygens (including phenoxy) is 1. The molecule has 0 atom stereocenters. The first-order chi connectivity index (χ1) is 9.29. The van der Waals surface area contributed by atoms with Crippen LogP contribution in [0.25, 0.3) is 10.9 Å². The largest absolute Gasteiger partial charge is 0.469 e. The number of methoxy groups -OCH3 is 1. The fraction of sp³-hybridized carbons (Fsp3) is 0.333. The quantitative estimate of drug-likeness (QED) is 0.638. The van der Waals surface area contributed by atoms with E-state index < -0.39 is 0 Å². The van der Waals surface area contributed by atoms with Gasteiger partial charge >= 0.3 is 5.97 Å². The monoisotopic (exact) mass is 258 g/mol. The lowest BCUT2D eigenvalue weighted by atomic mass is 10.1. The van der Waals surface area contributed by atoms with E-state index in [1.54, 1.807) is 6.20 Å². The van der Waals surface area contributed by atoms with Crippen molar-refractivity contribution in [1.29, 1.82) is 0 Å². The maximum atomic E-state index is 10.9. The summed E-state index contributed by atoms with van der Waals surface area (Å²) in [6.07, 6.45) is 3.06. The van der Waals surface area contributed by atoms with E-state index in [0.29, 0.717) is 6.42 Å². The van der Waals surface area contributed by atoms with Crippen LogP contribution in [0.2, 0.25) is 0 Å². The molecule has 2 rings (SSSR count). The van der Waals surface area contributed by atoms with E-state index in [1.165, 1.54) is 12.7 Å². The zero-order chi connectivity index (χ0) is 13.5. The summed E-state index contributed by atoms with van der Waals surface area (Å²) in [5.74, 6) is -0.154. The third-order valence-electron chi connectivity index (χ3n) is 2.96. The molecule has 1 aromatic carbocycles. The molecular formula is C15H18N2O2. The second-order valence-electron chi connectivity index (χ2n) is 4.39. The fourth-order valence-corrected chi connectivity index (χ4v) is 1.93. The molecule has 1 N–H and O–H groups in total. The van der Waals surface area contributed by atoms with Crippen LogP contribution >= 0.6 is 0 Å². The van der Waals surface area contributed by atoms with E-state index in [1.807, 2.05) is 12.1 Å². The highest BCUT2D eigenvalue weighted by molar-refractivity contribution is 5.78. The van der Waals surface area contributed by atoms with Crippen LogP contribution in [0.3, 0.4) is 0 Å². The Balaban J connectivity index is 1.80. The van der Waals surface area contributed by atoms with Gasteiger partial charge in [0.2, 0.25) is 0 Å². The van der Waals surface area contributed by atoms with Crippen LogP contribution in [-0.2, 0) is 16.1 Å². The zero-order valence-electron chi connectivity index (χ0n) is 11.1. The van der Waals surface area contributed by atoms with Crippen molar-refractivity contribution < 1.29 is 9.53 Å². The molecule has 1 heterocycles. The SMILES string of the molecule is COC(=O)CCCNCc1ccc2ncccc2c1. The maximum absolute atomic E-state index is 10.9. The Morgan fingerprint density at radius 1 is 1.37 bits per heavy atom. The molecule has 0 saturated carbocycles. The van der Waals surface area contributed by atoms with Crippen LogP contribution in [0.4, 0.5) is 0 Å². The molecule has 4 nitrogen and oxygen atoms in total. The van der Waals surface area contributed by atoms with Gasteiger partial charge in [0.1, 0.15) is 0 Å². The number of pyridine rings is 1. The molecular weight excluding hydrogens is 240 g/mol. The first kappa shape index (κ1) is 13.5. The third-order valence-corrected chi connectivity index (χ3v) is 2.96. The van der Waals surface area contributed by atoms with E-state index >= 15 is 0 Å². The molecule has 0 unspecified atom stereocenters. The minimum atomic E-state index is -0.154. The number of carbonyl (C=O) groups is 1. The minimum Gasteiger partial charge on any atom is -0.469 e. The molecule has 0 spiro atoms. The lowest BCUT2D eigenvalue weighted by molar-refractivity contribution is -0.140. The van der Waals surface area contributed by atoms with Crippen molar-refractivity contribution in [1.82, 2.24) is 10.3 Å². The van der Waals surface area contributed by atoms with Gasteiger partial charge in [0.15, 0.2) is 0 Å². The van der Waals surface area contributed by atoms with Crippen molar-refractivity contribution >= 4 is 16.9 Å². The normalized spacial score (nSPS) is 10.6. The average Bonchev–Trinajstić information content (AvgIpc) is 2.46. The Kier molecular flexibility index (Phi) is 4.86. The van der Waals surface area contributed by atoms with E-state index in [9.17, 15) is 4.79 Å². The van der Waals surface area contributed by atoms with Crippen LogP contribution in [0, 0.1) is 0 Å². The number of carbonyl (C=O) groups excluding carboxylic acids is 1. The number of fused-ring (bicyclic) bond motifs is 1. The first-order valence-corrected chi connectivity index (χ1v) is 6.41. The molecule has 2 aromatic rings. The predicted octanol–water partition coefficient (Wildman–Crippen LogP) is 2.28. The summed E-state index contributed by atoms with van der Waals surface area (Å²) >= 11 is 0. The summed E-state index contributed by atoms with van der Waals surface area (Å²) < 4.78 is 4.59. The fourth-order valence-electron chi connectivity index (χ4n) is 1.93. The number of nitrogens with one attached hydrogen (secondary N) is 1. The molecule has 19 heavy (non-hydrogen) atoms. The second-order valence-corrected chi connectivity index (χ2v) is 4.39. The molecule has 100 valence electrons. The summed E-state index contributed by atoms with van der Waals surface area (Å²) in [5, 5.41) is 4.47. The van der Waals surface area contributed by atoms with E-state index in [2.05, 4.69) is 33.2 Å². The van der Waals surface area contributed by atoms with Crippen LogP contribution in [0.5, 0.6) is 0 Å². The van der Waals surface area contributed by atoms with Gasteiger partial charge in [-0.05, 0) is 36.7 Å². The van der Waals surface area contributed by atoms with Gasteiger partial charge in [-0.2, -0.15) is 0 Å². The van der Waals surface area contributed by atoms with Gasteiger partial charge in [0.25, 0.3) is 0 Å². The van der Waals surface area contributed by atoms with Gasteiger partial charge in [-0.25, -0.2) is 0 Å². The maximum Gasteiger partial charge on any atom is 0.305 e. The summed E-state index contributed by atoms with van der Waals surface area (Å²) in [7, 11) is 1.42. The summed E-state index contributed by atoms with van der Waals surface area (Å²) in [6.45, 7) is 1.60. The number of benzene rings is 1. The summed E-state index contributed by atoms with van der Waals surface area (Å²) in [5.41, 5.74) is 2.23. The van der Waals surface area contributed by atoms with Gasteiger partial charge < -0.3 is 10.1 Å². The number of nitrogens with zero attached hydrogens (tertiary/aromatic N) is 1. The third kappa shape index (κ3) is 4.03. The number of hydrogen-bond acceptors (Lipinski definition) is 4. The molecule has 0 saturated heterocycles. The van der Waals surface area contributed by atoms with Crippen LogP contribution in [-0.4, -0.2) is 24.6 Å². The number of hydrogen-bond donors (Lipinski definition) is 1. The molecule has 0 aliphatic rings. The van der Waals surface area contributed by atoms with Gasteiger partial charge in [-0.1, -0.05) is 12.1 Å². The Morgan fingerprint density at radius 2 is 2.26 bits per heavy atom. The Hall–Kier alpha value is -1.94. The smallest absolute Gasteiger partial charge is 0.305 e. The van der Waals surface area contributed by atoms with E-state index in [-0.39, 0.29) is 5.97 Å². The number of rotatable bonds is 6. The van der Waals surface area contributed by atoms with Gasteiger partial charge in [0, 0.05) is 24.5 Å². The van der Waals surface area contributed by atoms with Crippen LogP contribution < -0.4 is 5.32 Å². The highest BCUT2D eigenvalue weighted by Gasteiger charge is 2.00. The van der Waals surface area contributed by atoms with Crippen molar-refractivity contribution in [2.45, 2.75) is 19.4 Å². The molecule has 0 aliphatic heterocycles. The van der Waals surface area contributed by atoms with Crippen molar-refractivity contribution in [3.8, 4) is 0 Å². The number of aromatic nitrogens is 1. The lowest BCUT2D eigenvalue weighted by Gasteiger charge is -2.05. The van der Waals surface area contributed by atoms with E-state index in [0.717, 1.165) is 30.4 Å². The standard InChI is InChI=1S/C15H18N2O2/c1-19-15(18)5-3-8-16-11-12-6-7-14-13(10-12)4-2-9-17-14/h2,4,6-7,9-10,16H,3,5,8,11H2,1H3. The van der Waals surface area contributed by atoms with Gasteiger partial charge in [-0.3, -0.25) is 9.78 Å². The van der Waals surface area contributed by atoms with Crippen molar-refractivity contribution in [3.63, 3.8) is 0 Å². The lowest BCUT2D eigenvalue weighted by Crippen LogP contribution is -2.16. The highest BCUT2D eigenvalue weighted by Crippen LogP contribution is 2.13. The number of esters is 1. The molecule has 0 fully saturated rings. The molecule has 0 amide bonds. The first-order valence-electron chi connectivity index (χ1n) is 6.41. The summed E-state index contributed by atoms with van der Waals surface area (Å²) in [4.78, 5) is 15.2. The minimum absolute atomic E-state index is 0.154. The van der Waals surface area contributed by atoms with Gasteiger partial charge in [0.05, 0.1) is 12.6 Å². The van der Waals surface area contributed by atoms with Crippen molar-refractivity contribution in [3.05, 3.63) is 42.1 Å². The highest BCUT2D eigenvalue weighted by atomic mass is 16.5. The average molecular weight is 258 g/mol. The molecule has 0 aliphatic carbocycles. The molecule has 0 radical (unpaired) electrons. The Bertz CT molecular complexity index is 555. The van der Waals surface area contributed by atoms with Gasteiger partial charge in [-0.15, -0.1) is 0 Å². The van der Waals surface area contributed by atoms with Crippen molar-refractivity contribution in [2.24, 2.45) is 0 Å². The van der Waals surface area contributed by atoms with Crippen LogP contribution in [0.1, 0.15) is 18.4 Å². The van der Waals surface area contributed by atoms with Crippen LogP contribution in [0.15, 0.2) is 36.5 Å². The zero-order valence-corrected chi connectivity index (χ0v) is 11.1.